The van der Waals surface area contributed by atoms with Crippen LogP contribution >= 0.6 is 0 Å². The Morgan fingerprint density at radius 2 is 1.88 bits per heavy atom. The van der Waals surface area contributed by atoms with E-state index in [1.54, 1.807) is 13.0 Å². The van der Waals surface area contributed by atoms with Gasteiger partial charge < -0.3 is 15.0 Å². The van der Waals surface area contributed by atoms with Crippen molar-refractivity contribution in [2.45, 2.75) is 57.0 Å². The molecular formula is C32H34F2N6O. The van der Waals surface area contributed by atoms with Gasteiger partial charge in [-0.2, -0.15) is 9.97 Å². The lowest BCUT2D eigenvalue weighted by Crippen LogP contribution is -2.51. The highest BCUT2D eigenvalue weighted by molar-refractivity contribution is 6.01. The van der Waals surface area contributed by atoms with Crippen molar-refractivity contribution in [1.29, 1.82) is 0 Å². The topological polar surface area (TPSA) is 66.4 Å². The zero-order valence-electron chi connectivity index (χ0n) is 23.3. The highest BCUT2D eigenvalue weighted by atomic mass is 19.1. The number of nitrogens with zero attached hydrogens (tertiary/aromatic N) is 5. The van der Waals surface area contributed by atoms with Gasteiger partial charge in [-0.15, -0.1) is 0 Å². The number of aryl methyl sites for hydroxylation is 2. The molecule has 0 saturated carbocycles. The molecule has 41 heavy (non-hydrogen) atoms. The van der Waals surface area contributed by atoms with E-state index >= 15 is 4.39 Å². The molecule has 212 valence electrons. The third-order valence-corrected chi connectivity index (χ3v) is 9.93. The van der Waals surface area contributed by atoms with Gasteiger partial charge in [0.1, 0.15) is 29.5 Å². The Hall–Kier alpha value is -3.43. The molecule has 2 aromatic heterocycles. The van der Waals surface area contributed by atoms with Crippen molar-refractivity contribution in [2.75, 3.05) is 44.2 Å². The van der Waals surface area contributed by atoms with Crippen LogP contribution in [-0.4, -0.2) is 70.8 Å². The molecule has 0 bridgehead atoms. The second-order valence-electron chi connectivity index (χ2n) is 12.1. The third kappa shape index (κ3) is 3.92. The molecule has 6 heterocycles. The highest BCUT2D eigenvalue weighted by Crippen LogP contribution is 2.42. The summed E-state index contributed by atoms with van der Waals surface area (Å²) < 4.78 is 37.9. The molecule has 0 amide bonds. The minimum atomic E-state index is -0.511. The molecule has 9 heteroatoms. The number of anilines is 1. The predicted octanol–water partition coefficient (Wildman–Crippen LogP) is 5.16. The minimum Gasteiger partial charge on any atom is -0.461 e. The molecule has 0 radical (unpaired) electrons. The van der Waals surface area contributed by atoms with E-state index in [-0.39, 0.29) is 34.6 Å². The Balaban J connectivity index is 1.32. The molecule has 4 aliphatic heterocycles. The SMILES string of the molecule is Cc1c(F)ccc2cccc(-c3nc4c5c(nc(OCC67CCCN6CCC7)nc5c3F)N3CCNCC3CC4)c12. The quantitative estimate of drug-likeness (QED) is 0.372. The average molecular weight is 557 g/mol. The van der Waals surface area contributed by atoms with E-state index in [0.717, 1.165) is 63.1 Å². The third-order valence-electron chi connectivity index (χ3n) is 9.93. The van der Waals surface area contributed by atoms with Crippen LogP contribution < -0.4 is 15.0 Å². The first-order valence-corrected chi connectivity index (χ1v) is 15.0. The largest absolute Gasteiger partial charge is 0.461 e. The molecule has 8 rings (SSSR count). The van der Waals surface area contributed by atoms with Gasteiger partial charge in [-0.05, 0) is 80.9 Å². The van der Waals surface area contributed by atoms with Gasteiger partial charge in [-0.25, -0.2) is 13.8 Å². The van der Waals surface area contributed by atoms with Crippen LogP contribution in [0.5, 0.6) is 6.01 Å². The maximum Gasteiger partial charge on any atom is 0.319 e. The first kappa shape index (κ1) is 25.3. The van der Waals surface area contributed by atoms with Crippen molar-refractivity contribution < 1.29 is 13.5 Å². The van der Waals surface area contributed by atoms with Crippen molar-refractivity contribution in [3.8, 4) is 17.3 Å². The second kappa shape index (κ2) is 9.56. The van der Waals surface area contributed by atoms with E-state index in [2.05, 4.69) is 15.1 Å². The number of hydrogen-bond donors (Lipinski definition) is 1. The molecule has 3 fully saturated rings. The molecule has 3 saturated heterocycles. The van der Waals surface area contributed by atoms with Crippen LogP contribution in [0.3, 0.4) is 0 Å². The Morgan fingerprint density at radius 3 is 2.73 bits per heavy atom. The average Bonchev–Trinajstić information content (AvgIpc) is 3.53. The summed E-state index contributed by atoms with van der Waals surface area (Å²) in [6.07, 6.45) is 6.11. The summed E-state index contributed by atoms with van der Waals surface area (Å²) in [7, 11) is 0. The maximum absolute atomic E-state index is 16.8. The number of fused-ring (bicyclic) bond motifs is 4. The summed E-state index contributed by atoms with van der Waals surface area (Å²) in [5.74, 6) is -0.112. The van der Waals surface area contributed by atoms with Crippen LogP contribution in [0.1, 0.15) is 43.4 Å². The monoisotopic (exact) mass is 556 g/mol. The summed E-state index contributed by atoms with van der Waals surface area (Å²) in [6.45, 7) is 6.91. The van der Waals surface area contributed by atoms with Gasteiger partial charge in [0.25, 0.3) is 0 Å². The number of hydrogen-bond acceptors (Lipinski definition) is 7. The summed E-state index contributed by atoms with van der Waals surface area (Å²) in [5, 5.41) is 5.70. The van der Waals surface area contributed by atoms with Crippen molar-refractivity contribution in [2.24, 2.45) is 0 Å². The standard InChI is InChI=1S/C32H34F2N6O/c1-19-23(33)9-7-20-5-2-6-22(25(19)20)28-27(34)29-26-24(36-28)10-8-21-17-35-13-16-40(21)30(26)38-31(37-29)41-18-32-11-3-14-39(32)15-4-12-32/h2,5-7,9,21,35H,3-4,8,10-18H2,1H3. The van der Waals surface area contributed by atoms with Gasteiger partial charge >= 0.3 is 6.01 Å². The van der Waals surface area contributed by atoms with Crippen molar-refractivity contribution >= 4 is 27.5 Å². The number of rotatable bonds is 4. The van der Waals surface area contributed by atoms with Crippen LogP contribution in [0.2, 0.25) is 0 Å². The Bertz CT molecular complexity index is 1680. The van der Waals surface area contributed by atoms with Gasteiger partial charge in [0.2, 0.25) is 0 Å². The van der Waals surface area contributed by atoms with Crippen LogP contribution in [0, 0.1) is 18.6 Å². The van der Waals surface area contributed by atoms with Crippen molar-refractivity contribution in [3.05, 3.63) is 53.2 Å². The summed E-state index contributed by atoms with van der Waals surface area (Å²) in [5.41, 5.74) is 2.32. The molecule has 7 nitrogen and oxygen atoms in total. The van der Waals surface area contributed by atoms with E-state index in [1.165, 1.54) is 18.9 Å². The molecule has 4 aliphatic rings. The van der Waals surface area contributed by atoms with E-state index in [0.29, 0.717) is 40.7 Å². The van der Waals surface area contributed by atoms with Crippen molar-refractivity contribution in [1.82, 2.24) is 25.2 Å². The smallest absolute Gasteiger partial charge is 0.319 e. The molecule has 1 unspecified atom stereocenters. The zero-order chi connectivity index (χ0) is 27.7. The van der Waals surface area contributed by atoms with E-state index in [4.69, 9.17) is 19.7 Å². The first-order valence-electron chi connectivity index (χ1n) is 15.0. The van der Waals surface area contributed by atoms with Gasteiger partial charge in [0, 0.05) is 31.2 Å². The van der Waals surface area contributed by atoms with E-state index in [9.17, 15) is 4.39 Å². The van der Waals surface area contributed by atoms with Gasteiger partial charge in [0.05, 0.1) is 16.6 Å². The highest BCUT2D eigenvalue weighted by Gasteiger charge is 2.45. The number of aromatic nitrogens is 3. The first-order chi connectivity index (χ1) is 20.0. The summed E-state index contributed by atoms with van der Waals surface area (Å²) in [6, 6.07) is 9.27. The number of pyridine rings is 1. The Morgan fingerprint density at radius 1 is 1.02 bits per heavy atom. The number of ether oxygens (including phenoxy) is 1. The molecule has 1 atom stereocenters. The van der Waals surface area contributed by atoms with Gasteiger partial charge in [0.15, 0.2) is 5.82 Å². The van der Waals surface area contributed by atoms with E-state index in [1.807, 2.05) is 18.2 Å². The van der Waals surface area contributed by atoms with E-state index < -0.39 is 5.82 Å². The molecule has 0 aliphatic carbocycles. The fourth-order valence-corrected chi connectivity index (χ4v) is 7.83. The Kier molecular flexibility index (Phi) is 5.90. The number of benzene rings is 2. The fraction of sp³-hybridized carbons (Fsp3) is 0.469. The molecule has 2 aromatic carbocycles. The zero-order valence-corrected chi connectivity index (χ0v) is 23.3. The lowest BCUT2D eigenvalue weighted by molar-refractivity contribution is 0.108. The molecule has 1 N–H and O–H groups in total. The van der Waals surface area contributed by atoms with Crippen LogP contribution in [0.25, 0.3) is 32.9 Å². The molecular weight excluding hydrogens is 522 g/mol. The van der Waals surface area contributed by atoms with Crippen LogP contribution in [0.4, 0.5) is 14.6 Å². The minimum absolute atomic E-state index is 0.0294. The van der Waals surface area contributed by atoms with Crippen LogP contribution in [-0.2, 0) is 6.42 Å². The number of nitrogens with one attached hydrogen (secondary N) is 1. The summed E-state index contributed by atoms with van der Waals surface area (Å²) in [4.78, 5) is 19.5. The van der Waals surface area contributed by atoms with Crippen molar-refractivity contribution in [3.63, 3.8) is 0 Å². The predicted molar refractivity (Wildman–Crippen MR) is 156 cm³/mol. The second-order valence-corrected chi connectivity index (χ2v) is 12.1. The van der Waals surface area contributed by atoms with Gasteiger partial charge in [-0.1, -0.05) is 24.3 Å². The lowest BCUT2D eigenvalue weighted by Gasteiger charge is -2.36. The molecule has 4 aromatic rings. The normalized spacial score (nSPS) is 21.7. The molecule has 0 spiro atoms. The lowest BCUT2D eigenvalue weighted by atomic mass is 9.95. The van der Waals surface area contributed by atoms with Crippen LogP contribution in [0.15, 0.2) is 30.3 Å². The number of halogens is 2. The fourth-order valence-electron chi connectivity index (χ4n) is 7.83. The van der Waals surface area contributed by atoms with Gasteiger partial charge in [-0.3, -0.25) is 4.90 Å². The number of piperazine rings is 1. The maximum atomic E-state index is 16.8. The Labute approximate surface area is 237 Å². The summed E-state index contributed by atoms with van der Waals surface area (Å²) >= 11 is 0.